The summed E-state index contributed by atoms with van der Waals surface area (Å²) in [5.41, 5.74) is 3.79. The predicted molar refractivity (Wildman–Crippen MR) is 133 cm³/mol. The highest BCUT2D eigenvalue weighted by Crippen LogP contribution is 2.44. The van der Waals surface area contributed by atoms with Crippen LogP contribution in [0.15, 0.2) is 48.5 Å². The first-order valence-corrected chi connectivity index (χ1v) is 12.6. The molecule has 35 heavy (non-hydrogen) atoms. The molecule has 0 bridgehead atoms. The van der Waals surface area contributed by atoms with Gasteiger partial charge in [-0.25, -0.2) is 9.59 Å². The molecular weight excluding hydrogens is 444 g/mol. The Hall–Kier alpha value is -3.35. The second-order valence-electron chi connectivity index (χ2n) is 9.67. The lowest BCUT2D eigenvalue weighted by atomic mass is 9.73. The summed E-state index contributed by atoms with van der Waals surface area (Å²) in [4.78, 5) is 37.5. The first kappa shape index (κ1) is 24.8. The number of amides is 2. The van der Waals surface area contributed by atoms with Crippen LogP contribution in [0, 0.1) is 5.41 Å². The number of benzene rings is 2. The molecule has 3 N–H and O–H groups in total. The molecule has 1 fully saturated rings. The van der Waals surface area contributed by atoms with Crippen molar-refractivity contribution in [2.75, 3.05) is 13.2 Å². The summed E-state index contributed by atoms with van der Waals surface area (Å²) in [6.45, 7) is 2.22. The van der Waals surface area contributed by atoms with Crippen LogP contribution in [-0.4, -0.2) is 42.3 Å². The van der Waals surface area contributed by atoms with E-state index in [9.17, 15) is 19.5 Å². The maximum atomic E-state index is 13.2. The zero-order valence-electron chi connectivity index (χ0n) is 20.2. The summed E-state index contributed by atoms with van der Waals surface area (Å²) in [7, 11) is 0. The van der Waals surface area contributed by atoms with Gasteiger partial charge in [-0.3, -0.25) is 4.79 Å². The number of rotatable bonds is 9. The van der Waals surface area contributed by atoms with Crippen molar-refractivity contribution in [3.8, 4) is 11.1 Å². The largest absolute Gasteiger partial charge is 0.480 e. The average molecular weight is 479 g/mol. The van der Waals surface area contributed by atoms with E-state index < -0.39 is 23.5 Å². The summed E-state index contributed by atoms with van der Waals surface area (Å²) >= 11 is 0. The van der Waals surface area contributed by atoms with Gasteiger partial charge in [0.15, 0.2) is 0 Å². The van der Waals surface area contributed by atoms with Crippen LogP contribution < -0.4 is 10.6 Å². The molecule has 0 heterocycles. The standard InChI is InChI=1S/C28H34N2O5/c1-2-10-24(25(31)32)30-26(33)28(15-8-3-9-16-28)18-29-27(34)35-17-23-21-13-6-4-11-19(21)20-12-5-7-14-22(20)23/h4-7,11-14,23-24H,2-3,8-10,15-18H2,1H3,(H,29,34)(H,30,33)(H,31,32). The summed E-state index contributed by atoms with van der Waals surface area (Å²) in [5.74, 6) is -1.36. The van der Waals surface area contributed by atoms with Crippen LogP contribution in [0.5, 0.6) is 0 Å². The van der Waals surface area contributed by atoms with Gasteiger partial charge in [-0.15, -0.1) is 0 Å². The van der Waals surface area contributed by atoms with E-state index in [1.807, 2.05) is 31.2 Å². The zero-order chi connectivity index (χ0) is 24.8. The third kappa shape index (κ3) is 5.34. The fraction of sp³-hybridized carbons (Fsp3) is 0.464. The molecule has 7 heteroatoms. The summed E-state index contributed by atoms with van der Waals surface area (Å²) < 4.78 is 5.64. The molecule has 186 valence electrons. The highest BCUT2D eigenvalue weighted by molar-refractivity contribution is 5.88. The molecule has 2 aromatic rings. The van der Waals surface area contributed by atoms with Crippen molar-refractivity contribution in [2.45, 2.75) is 63.8 Å². The van der Waals surface area contributed by atoms with E-state index in [4.69, 9.17) is 4.74 Å². The van der Waals surface area contributed by atoms with Crippen molar-refractivity contribution in [3.05, 3.63) is 59.7 Å². The number of nitrogens with one attached hydrogen (secondary N) is 2. The lowest BCUT2D eigenvalue weighted by Crippen LogP contribution is -2.53. The second-order valence-corrected chi connectivity index (χ2v) is 9.67. The Balaban J connectivity index is 1.39. The number of aliphatic carboxylic acids is 1. The van der Waals surface area contributed by atoms with Gasteiger partial charge < -0.3 is 20.5 Å². The minimum absolute atomic E-state index is 0.0366. The van der Waals surface area contributed by atoms with Crippen LogP contribution in [0.4, 0.5) is 4.79 Å². The van der Waals surface area contributed by atoms with Crippen LogP contribution >= 0.6 is 0 Å². The van der Waals surface area contributed by atoms with E-state index in [1.54, 1.807) is 0 Å². The van der Waals surface area contributed by atoms with E-state index in [0.717, 1.165) is 41.5 Å². The van der Waals surface area contributed by atoms with Crippen LogP contribution in [0.2, 0.25) is 0 Å². The molecule has 0 aliphatic heterocycles. The zero-order valence-corrected chi connectivity index (χ0v) is 20.2. The highest BCUT2D eigenvalue weighted by Gasteiger charge is 2.41. The number of ether oxygens (including phenoxy) is 1. The number of hydrogen-bond acceptors (Lipinski definition) is 4. The van der Waals surface area contributed by atoms with Crippen molar-refractivity contribution >= 4 is 18.0 Å². The molecule has 1 saturated carbocycles. The smallest absolute Gasteiger partial charge is 0.407 e. The summed E-state index contributed by atoms with van der Waals surface area (Å²) in [6.07, 6.45) is 4.45. The third-order valence-corrected chi connectivity index (χ3v) is 7.39. The number of carbonyl (C=O) groups is 3. The SMILES string of the molecule is CCCC(NC(=O)C1(CNC(=O)OCC2c3ccccc3-c3ccccc32)CCCCC1)C(=O)O. The number of carboxylic acids is 1. The lowest BCUT2D eigenvalue weighted by Gasteiger charge is -2.36. The van der Waals surface area contributed by atoms with Gasteiger partial charge in [0.05, 0.1) is 5.41 Å². The number of fused-ring (bicyclic) bond motifs is 3. The van der Waals surface area contributed by atoms with Gasteiger partial charge in [0.1, 0.15) is 12.6 Å². The summed E-state index contributed by atoms with van der Waals surface area (Å²) in [5, 5.41) is 15.0. The Kier molecular flexibility index (Phi) is 7.73. The van der Waals surface area contributed by atoms with Crippen molar-refractivity contribution in [2.24, 2.45) is 5.41 Å². The quantitative estimate of drug-likeness (QED) is 0.478. The monoisotopic (exact) mass is 478 g/mol. The van der Waals surface area contributed by atoms with Crippen LogP contribution in [0.3, 0.4) is 0 Å². The normalized spacial score (nSPS) is 17.1. The van der Waals surface area contributed by atoms with Gasteiger partial charge in [-0.1, -0.05) is 81.1 Å². The lowest BCUT2D eigenvalue weighted by molar-refractivity contribution is -0.144. The van der Waals surface area contributed by atoms with Crippen molar-refractivity contribution in [3.63, 3.8) is 0 Å². The highest BCUT2D eigenvalue weighted by atomic mass is 16.5. The van der Waals surface area contributed by atoms with Gasteiger partial charge in [0.25, 0.3) is 0 Å². The molecule has 2 amide bonds. The maximum Gasteiger partial charge on any atom is 0.407 e. The van der Waals surface area contributed by atoms with Crippen molar-refractivity contribution in [1.82, 2.24) is 10.6 Å². The third-order valence-electron chi connectivity index (χ3n) is 7.39. The van der Waals surface area contributed by atoms with Crippen LogP contribution in [0.1, 0.15) is 68.9 Å². The number of hydrogen-bond donors (Lipinski definition) is 3. The maximum absolute atomic E-state index is 13.2. The average Bonchev–Trinajstić information content (AvgIpc) is 3.20. The molecule has 2 aromatic carbocycles. The van der Waals surface area contributed by atoms with Gasteiger partial charge in [0, 0.05) is 12.5 Å². The van der Waals surface area contributed by atoms with Gasteiger partial charge in [-0.05, 0) is 41.5 Å². The fourth-order valence-corrected chi connectivity index (χ4v) is 5.46. The molecule has 4 rings (SSSR count). The van der Waals surface area contributed by atoms with Gasteiger partial charge in [-0.2, -0.15) is 0 Å². The Morgan fingerprint density at radius 3 is 2.17 bits per heavy atom. The van der Waals surface area contributed by atoms with Crippen LogP contribution in [-0.2, 0) is 14.3 Å². The van der Waals surface area contributed by atoms with Crippen LogP contribution in [0.25, 0.3) is 11.1 Å². The van der Waals surface area contributed by atoms with E-state index in [-0.39, 0.29) is 25.0 Å². The van der Waals surface area contributed by atoms with Gasteiger partial charge >= 0.3 is 12.1 Å². The van der Waals surface area contributed by atoms with Crippen molar-refractivity contribution in [1.29, 1.82) is 0 Å². The first-order valence-electron chi connectivity index (χ1n) is 12.6. The molecule has 7 nitrogen and oxygen atoms in total. The number of alkyl carbamates (subject to hydrolysis) is 1. The molecule has 2 aliphatic carbocycles. The Labute approximate surface area is 206 Å². The van der Waals surface area contributed by atoms with E-state index >= 15 is 0 Å². The first-order chi connectivity index (χ1) is 16.9. The van der Waals surface area contributed by atoms with E-state index in [2.05, 4.69) is 34.9 Å². The molecule has 0 radical (unpaired) electrons. The van der Waals surface area contributed by atoms with Crippen molar-refractivity contribution < 1.29 is 24.2 Å². The Bertz CT molecular complexity index is 1030. The molecule has 1 atom stereocenters. The number of carbonyl (C=O) groups excluding carboxylic acids is 2. The minimum Gasteiger partial charge on any atom is -0.480 e. The Morgan fingerprint density at radius 1 is 1.00 bits per heavy atom. The minimum atomic E-state index is -1.03. The fourth-order valence-electron chi connectivity index (χ4n) is 5.46. The molecule has 1 unspecified atom stereocenters. The molecule has 0 spiro atoms. The van der Waals surface area contributed by atoms with E-state index in [1.165, 1.54) is 0 Å². The predicted octanol–water partition coefficient (Wildman–Crippen LogP) is 4.85. The molecular formula is C28H34N2O5. The Morgan fingerprint density at radius 2 is 1.60 bits per heavy atom. The number of carboxylic acid groups (broad SMARTS) is 1. The molecule has 0 saturated heterocycles. The summed E-state index contributed by atoms with van der Waals surface area (Å²) in [6, 6.07) is 15.4. The van der Waals surface area contributed by atoms with Gasteiger partial charge in [0.2, 0.25) is 5.91 Å². The van der Waals surface area contributed by atoms with E-state index in [0.29, 0.717) is 25.7 Å². The second kappa shape index (κ2) is 10.9. The molecule has 2 aliphatic rings. The topological polar surface area (TPSA) is 105 Å². The molecule has 0 aromatic heterocycles.